The van der Waals surface area contributed by atoms with E-state index in [0.29, 0.717) is 34.7 Å². The fourth-order valence-electron chi connectivity index (χ4n) is 2.61. The fraction of sp³-hybridized carbons (Fsp3) is 0.250. The number of hydrogen-bond donors (Lipinski definition) is 1. The summed E-state index contributed by atoms with van der Waals surface area (Å²) >= 11 is 0.602. The molecular formula is C16H11F6IO3S. The summed E-state index contributed by atoms with van der Waals surface area (Å²) in [6, 6.07) is 9.59. The zero-order chi connectivity index (χ0) is 20.7. The van der Waals surface area contributed by atoms with E-state index in [1.165, 1.54) is 12.1 Å². The average Bonchev–Trinajstić information content (AvgIpc) is 2.59. The molecule has 0 aliphatic heterocycles. The Morgan fingerprint density at radius 3 is 1.44 bits per heavy atom. The van der Waals surface area contributed by atoms with Crippen LogP contribution in [-0.4, -0.2) is 25.1 Å². The molecule has 0 aliphatic carbocycles. The molecule has 0 saturated heterocycles. The molecule has 3 nitrogen and oxygen atoms in total. The minimum Gasteiger partial charge on any atom is -0.284 e. The second-order valence-electron chi connectivity index (χ2n) is 5.53. The summed E-state index contributed by atoms with van der Waals surface area (Å²) in [6.45, 7) is 0. The van der Waals surface area contributed by atoms with Gasteiger partial charge in [0.1, 0.15) is 0 Å². The molecule has 2 rings (SSSR count). The van der Waals surface area contributed by atoms with Gasteiger partial charge < -0.3 is 0 Å². The van der Waals surface area contributed by atoms with E-state index in [2.05, 4.69) is 0 Å². The first kappa shape index (κ1) is 22.0. The highest BCUT2D eigenvalue weighted by Crippen LogP contribution is 2.64. The van der Waals surface area contributed by atoms with Gasteiger partial charge in [-0.05, 0) is 33.7 Å². The van der Waals surface area contributed by atoms with Gasteiger partial charge >= 0.3 is 12.1 Å². The Balaban J connectivity index is 3.04. The van der Waals surface area contributed by atoms with E-state index >= 15 is 4.39 Å². The summed E-state index contributed by atoms with van der Waals surface area (Å²) in [6.07, 6.45) is -6.45. The van der Waals surface area contributed by atoms with E-state index in [9.17, 15) is 34.9 Å². The first-order valence-corrected chi connectivity index (χ1v) is 9.63. The molecule has 0 heterocycles. The second kappa shape index (κ2) is 6.92. The first-order chi connectivity index (χ1) is 12.2. The number of hydrogen-bond acceptors (Lipinski definition) is 2. The van der Waals surface area contributed by atoms with Gasteiger partial charge in [0, 0.05) is 0 Å². The largest absolute Gasteiger partial charge is 0.457 e. The van der Waals surface area contributed by atoms with Gasteiger partial charge in [-0.25, -0.2) is 4.39 Å². The van der Waals surface area contributed by atoms with Crippen LogP contribution in [0.25, 0.3) is 0 Å². The molecule has 27 heavy (non-hydrogen) atoms. The SMILES string of the molecule is O=S(=O)(O)C(I)(c1ccccc1)C(F)(c1ccccc1)C(F)(F)C(F)(F)F. The standard InChI is InChI=1S/C16H11F6IO3S/c17-13(11-7-3-1-4-8-11,15(18,19)16(20,21)22)14(23,27(24,25)26)12-9-5-2-6-10-12/h1-10H,(H,24,25,26). The van der Waals surface area contributed by atoms with Gasteiger partial charge in [0.15, 0.2) is 0 Å². The van der Waals surface area contributed by atoms with E-state index in [1.54, 1.807) is 0 Å². The lowest BCUT2D eigenvalue weighted by molar-refractivity contribution is -0.333. The third-order valence-corrected chi connectivity index (χ3v) is 8.17. The van der Waals surface area contributed by atoms with Gasteiger partial charge in [0.2, 0.25) is 8.42 Å². The van der Waals surface area contributed by atoms with Crippen LogP contribution < -0.4 is 0 Å². The van der Waals surface area contributed by atoms with Gasteiger partial charge in [-0.1, -0.05) is 60.7 Å². The summed E-state index contributed by atoms with van der Waals surface area (Å²) in [7, 11) is -5.84. The van der Waals surface area contributed by atoms with Crippen molar-refractivity contribution in [3.8, 4) is 0 Å². The zero-order valence-electron chi connectivity index (χ0n) is 13.1. The van der Waals surface area contributed by atoms with Crippen LogP contribution in [-0.2, 0) is 18.5 Å². The molecule has 2 aromatic carbocycles. The summed E-state index contributed by atoms with van der Waals surface area (Å²) in [4.78, 5) is 0. The van der Waals surface area contributed by atoms with Gasteiger partial charge in [0.05, 0.1) is 0 Å². The molecule has 0 aromatic heterocycles. The highest BCUT2D eigenvalue weighted by molar-refractivity contribution is 14.1. The van der Waals surface area contributed by atoms with Crippen molar-refractivity contribution in [3.05, 3.63) is 71.8 Å². The molecule has 148 valence electrons. The smallest absolute Gasteiger partial charge is 0.284 e. The van der Waals surface area contributed by atoms with Gasteiger partial charge in [-0.3, -0.25) is 4.55 Å². The van der Waals surface area contributed by atoms with Gasteiger partial charge in [-0.2, -0.15) is 30.4 Å². The monoisotopic (exact) mass is 524 g/mol. The predicted octanol–water partition coefficient (Wildman–Crippen LogP) is 5.22. The third-order valence-electron chi connectivity index (χ3n) is 3.90. The van der Waals surface area contributed by atoms with Crippen LogP contribution in [0, 0.1) is 0 Å². The minimum atomic E-state index is -6.45. The van der Waals surface area contributed by atoms with Crippen LogP contribution in [0.4, 0.5) is 26.3 Å². The van der Waals surface area contributed by atoms with Crippen molar-refractivity contribution in [1.29, 1.82) is 0 Å². The maximum Gasteiger partial charge on any atom is 0.457 e. The molecule has 0 bridgehead atoms. The summed E-state index contributed by atoms with van der Waals surface area (Å²) < 4.78 is 115. The number of halogens is 7. The molecular weight excluding hydrogens is 513 g/mol. The summed E-state index contributed by atoms with van der Waals surface area (Å²) in [5, 5.41) is 0. The quantitative estimate of drug-likeness (QED) is 0.253. The van der Waals surface area contributed by atoms with Crippen LogP contribution in [0.5, 0.6) is 0 Å². The molecule has 2 aromatic rings. The third kappa shape index (κ3) is 3.23. The molecule has 2 unspecified atom stereocenters. The number of benzene rings is 2. The highest BCUT2D eigenvalue weighted by atomic mass is 127. The molecule has 0 spiro atoms. The van der Waals surface area contributed by atoms with Crippen LogP contribution >= 0.6 is 22.6 Å². The second-order valence-corrected chi connectivity index (χ2v) is 9.45. The molecule has 0 radical (unpaired) electrons. The van der Waals surface area contributed by atoms with Crippen LogP contribution in [0.1, 0.15) is 11.1 Å². The van der Waals surface area contributed by atoms with Crippen molar-refractivity contribution in [2.45, 2.75) is 20.5 Å². The van der Waals surface area contributed by atoms with E-state index in [0.717, 1.165) is 36.4 Å². The van der Waals surface area contributed by atoms with E-state index < -0.39 is 41.8 Å². The molecule has 0 saturated carbocycles. The normalized spacial score (nSPS) is 17.8. The molecule has 0 fully saturated rings. The van der Waals surface area contributed by atoms with Crippen molar-refractivity contribution >= 4 is 32.7 Å². The topological polar surface area (TPSA) is 54.4 Å². The van der Waals surface area contributed by atoms with Crippen molar-refractivity contribution < 1.29 is 39.3 Å². The lowest BCUT2D eigenvalue weighted by atomic mass is 9.82. The lowest BCUT2D eigenvalue weighted by Gasteiger charge is -2.44. The summed E-state index contributed by atoms with van der Waals surface area (Å²) in [5.74, 6) is -6.17. The lowest BCUT2D eigenvalue weighted by Crippen LogP contribution is -2.62. The molecule has 0 aliphatic rings. The van der Waals surface area contributed by atoms with E-state index in [4.69, 9.17) is 0 Å². The first-order valence-electron chi connectivity index (χ1n) is 7.11. The molecule has 0 amide bonds. The number of rotatable bonds is 5. The van der Waals surface area contributed by atoms with Crippen molar-refractivity contribution in [2.75, 3.05) is 0 Å². The Morgan fingerprint density at radius 2 is 1.11 bits per heavy atom. The zero-order valence-corrected chi connectivity index (χ0v) is 16.1. The molecule has 2 atom stereocenters. The van der Waals surface area contributed by atoms with Gasteiger partial charge in [-0.15, -0.1) is 0 Å². The van der Waals surface area contributed by atoms with Crippen LogP contribution in [0.3, 0.4) is 0 Å². The maximum atomic E-state index is 16.0. The average molecular weight is 524 g/mol. The van der Waals surface area contributed by atoms with E-state index in [-0.39, 0.29) is 0 Å². The van der Waals surface area contributed by atoms with Gasteiger partial charge in [0.25, 0.3) is 10.1 Å². The summed E-state index contributed by atoms with van der Waals surface area (Å²) in [5.41, 5.74) is -6.94. The fourth-order valence-corrected chi connectivity index (χ4v) is 4.66. The highest BCUT2D eigenvalue weighted by Gasteiger charge is 2.81. The number of alkyl halides is 7. The molecule has 11 heteroatoms. The van der Waals surface area contributed by atoms with Crippen LogP contribution in [0.2, 0.25) is 0 Å². The predicted molar refractivity (Wildman–Crippen MR) is 93.9 cm³/mol. The Hall–Kier alpha value is -1.34. The van der Waals surface area contributed by atoms with Crippen molar-refractivity contribution in [1.82, 2.24) is 0 Å². The van der Waals surface area contributed by atoms with Crippen molar-refractivity contribution in [2.24, 2.45) is 0 Å². The van der Waals surface area contributed by atoms with Crippen molar-refractivity contribution in [3.63, 3.8) is 0 Å². The maximum absolute atomic E-state index is 16.0. The van der Waals surface area contributed by atoms with E-state index in [1.807, 2.05) is 0 Å². The van der Waals surface area contributed by atoms with Crippen LogP contribution in [0.15, 0.2) is 60.7 Å². The Morgan fingerprint density at radius 1 is 0.741 bits per heavy atom. The Bertz CT molecular complexity index is 905. The minimum absolute atomic E-state index is 0.598. The Labute approximate surface area is 164 Å². The molecule has 1 N–H and O–H groups in total. The Kier molecular flexibility index (Phi) is 5.63.